The van der Waals surface area contributed by atoms with Crippen molar-refractivity contribution in [2.75, 3.05) is 5.32 Å². The molecule has 0 aliphatic heterocycles. The number of rotatable bonds is 4. The Balaban J connectivity index is 2.22. The van der Waals surface area contributed by atoms with Crippen LogP contribution in [0.15, 0.2) is 30.3 Å². The number of halogens is 1. The molecule has 0 atom stereocenters. The smallest absolute Gasteiger partial charge is 0.270 e. The first-order valence-corrected chi connectivity index (χ1v) is 6.63. The second-order valence-electron chi connectivity index (χ2n) is 4.95. The quantitative estimate of drug-likeness (QED) is 0.908. The van der Waals surface area contributed by atoms with E-state index in [1.807, 2.05) is 13.8 Å². The van der Waals surface area contributed by atoms with Crippen LogP contribution in [0.25, 0.3) is 0 Å². The number of hydrogen-bond acceptors (Lipinski definition) is 4. The first-order valence-electron chi connectivity index (χ1n) is 6.63. The third-order valence-corrected chi connectivity index (χ3v) is 2.61. The summed E-state index contributed by atoms with van der Waals surface area (Å²) in [6, 6.07) is 7.49. The first kappa shape index (κ1) is 14.9. The standard InChI is InChI=1S/C15H17FN4O/c1-9(2)17-15(21)13-8-14(19-10(3)18-13)20-12-6-4-11(16)5-7-12/h4-9H,1-3H3,(H,17,21)(H,18,19,20). The van der Waals surface area contributed by atoms with Crippen LogP contribution < -0.4 is 10.6 Å². The number of carbonyl (C=O) groups excluding carboxylic acids is 1. The van der Waals surface area contributed by atoms with Crippen LogP contribution >= 0.6 is 0 Å². The van der Waals surface area contributed by atoms with Crippen molar-refractivity contribution in [2.45, 2.75) is 26.8 Å². The van der Waals surface area contributed by atoms with E-state index >= 15 is 0 Å². The Morgan fingerprint density at radius 2 is 1.86 bits per heavy atom. The lowest BCUT2D eigenvalue weighted by Gasteiger charge is -2.10. The van der Waals surface area contributed by atoms with Crippen LogP contribution in [-0.4, -0.2) is 21.9 Å². The van der Waals surface area contributed by atoms with Gasteiger partial charge in [0.1, 0.15) is 23.2 Å². The van der Waals surface area contributed by atoms with E-state index in [9.17, 15) is 9.18 Å². The van der Waals surface area contributed by atoms with E-state index in [0.29, 0.717) is 23.0 Å². The van der Waals surface area contributed by atoms with Gasteiger partial charge >= 0.3 is 0 Å². The van der Waals surface area contributed by atoms with Crippen LogP contribution in [0.3, 0.4) is 0 Å². The fourth-order valence-electron chi connectivity index (χ4n) is 1.77. The van der Waals surface area contributed by atoms with Gasteiger partial charge in [0.2, 0.25) is 0 Å². The van der Waals surface area contributed by atoms with Gasteiger partial charge in [0, 0.05) is 17.8 Å². The van der Waals surface area contributed by atoms with Crippen LogP contribution in [0.5, 0.6) is 0 Å². The van der Waals surface area contributed by atoms with Gasteiger partial charge in [0.15, 0.2) is 0 Å². The fraction of sp³-hybridized carbons (Fsp3) is 0.267. The van der Waals surface area contributed by atoms with Crippen molar-refractivity contribution in [3.63, 3.8) is 0 Å². The molecular weight excluding hydrogens is 271 g/mol. The zero-order chi connectivity index (χ0) is 15.4. The molecule has 2 N–H and O–H groups in total. The van der Waals surface area contributed by atoms with Gasteiger partial charge in [-0.15, -0.1) is 0 Å². The molecule has 21 heavy (non-hydrogen) atoms. The van der Waals surface area contributed by atoms with Crippen LogP contribution in [0.1, 0.15) is 30.2 Å². The van der Waals surface area contributed by atoms with E-state index in [4.69, 9.17) is 0 Å². The zero-order valence-electron chi connectivity index (χ0n) is 12.1. The Morgan fingerprint density at radius 3 is 2.48 bits per heavy atom. The maximum Gasteiger partial charge on any atom is 0.270 e. The minimum Gasteiger partial charge on any atom is -0.349 e. The molecule has 6 heteroatoms. The lowest BCUT2D eigenvalue weighted by molar-refractivity contribution is 0.0937. The Hall–Kier alpha value is -2.50. The van der Waals surface area contributed by atoms with Crippen LogP contribution in [0.4, 0.5) is 15.9 Å². The third kappa shape index (κ3) is 4.24. The van der Waals surface area contributed by atoms with Crippen LogP contribution in [-0.2, 0) is 0 Å². The fourth-order valence-corrected chi connectivity index (χ4v) is 1.77. The molecule has 0 unspecified atom stereocenters. The van der Waals surface area contributed by atoms with Crippen LogP contribution in [0.2, 0.25) is 0 Å². The molecule has 1 amide bonds. The Bertz CT molecular complexity index is 641. The summed E-state index contributed by atoms with van der Waals surface area (Å²) in [5, 5.41) is 5.80. The predicted molar refractivity (Wildman–Crippen MR) is 79.1 cm³/mol. The topological polar surface area (TPSA) is 66.9 Å². The molecule has 2 rings (SSSR count). The third-order valence-electron chi connectivity index (χ3n) is 2.61. The van der Waals surface area contributed by atoms with Crippen molar-refractivity contribution in [3.05, 3.63) is 47.7 Å². The van der Waals surface area contributed by atoms with E-state index < -0.39 is 0 Å². The molecule has 0 spiro atoms. The minimum absolute atomic E-state index is 0.0290. The summed E-state index contributed by atoms with van der Waals surface area (Å²) < 4.78 is 12.9. The zero-order valence-corrected chi connectivity index (χ0v) is 12.1. The Morgan fingerprint density at radius 1 is 1.19 bits per heavy atom. The number of benzene rings is 1. The lowest BCUT2D eigenvalue weighted by Crippen LogP contribution is -2.31. The average Bonchev–Trinajstić information content (AvgIpc) is 2.40. The van der Waals surface area contributed by atoms with Gasteiger partial charge in [-0.1, -0.05) is 0 Å². The second kappa shape index (κ2) is 6.30. The maximum atomic E-state index is 12.9. The van der Waals surface area contributed by atoms with E-state index in [1.54, 1.807) is 25.1 Å². The van der Waals surface area contributed by atoms with Crippen molar-refractivity contribution in [1.29, 1.82) is 0 Å². The normalized spacial score (nSPS) is 10.5. The van der Waals surface area contributed by atoms with Gasteiger partial charge in [-0.2, -0.15) is 0 Å². The highest BCUT2D eigenvalue weighted by atomic mass is 19.1. The van der Waals surface area contributed by atoms with Crippen molar-refractivity contribution < 1.29 is 9.18 Å². The number of carbonyl (C=O) groups is 1. The number of anilines is 2. The SMILES string of the molecule is Cc1nc(Nc2ccc(F)cc2)cc(C(=O)NC(C)C)n1. The number of nitrogens with zero attached hydrogens (tertiary/aromatic N) is 2. The molecule has 0 aliphatic carbocycles. The molecule has 0 saturated heterocycles. The molecule has 1 aromatic heterocycles. The molecule has 0 radical (unpaired) electrons. The summed E-state index contributed by atoms with van der Waals surface area (Å²) in [4.78, 5) is 20.3. The van der Waals surface area contributed by atoms with E-state index in [1.165, 1.54) is 12.1 Å². The molecule has 0 bridgehead atoms. The van der Waals surface area contributed by atoms with Gasteiger partial charge < -0.3 is 10.6 Å². The molecule has 1 aromatic carbocycles. The summed E-state index contributed by atoms with van der Waals surface area (Å²) >= 11 is 0. The highest BCUT2D eigenvalue weighted by Gasteiger charge is 2.11. The number of aryl methyl sites for hydroxylation is 1. The monoisotopic (exact) mass is 288 g/mol. The van der Waals surface area contributed by atoms with E-state index in [-0.39, 0.29) is 17.8 Å². The molecular formula is C15H17FN4O. The van der Waals surface area contributed by atoms with Gasteiger partial charge in [0.25, 0.3) is 5.91 Å². The van der Waals surface area contributed by atoms with Crippen molar-refractivity contribution >= 4 is 17.4 Å². The largest absolute Gasteiger partial charge is 0.349 e. The molecule has 1 heterocycles. The van der Waals surface area contributed by atoms with Gasteiger partial charge in [-0.05, 0) is 45.0 Å². The summed E-state index contributed by atoms with van der Waals surface area (Å²) in [6.45, 7) is 5.47. The van der Waals surface area contributed by atoms with E-state index in [2.05, 4.69) is 20.6 Å². The number of amides is 1. The average molecular weight is 288 g/mol. The molecule has 5 nitrogen and oxygen atoms in total. The highest BCUT2D eigenvalue weighted by molar-refractivity contribution is 5.93. The van der Waals surface area contributed by atoms with Gasteiger partial charge in [-0.25, -0.2) is 14.4 Å². The summed E-state index contributed by atoms with van der Waals surface area (Å²) in [5.41, 5.74) is 0.977. The molecule has 2 aromatic rings. The predicted octanol–water partition coefficient (Wildman–Crippen LogP) is 2.81. The maximum absolute atomic E-state index is 12.9. The lowest BCUT2D eigenvalue weighted by atomic mass is 10.3. The number of nitrogens with one attached hydrogen (secondary N) is 2. The van der Waals surface area contributed by atoms with Gasteiger partial charge in [-0.3, -0.25) is 4.79 Å². The van der Waals surface area contributed by atoms with Crippen molar-refractivity contribution in [1.82, 2.24) is 15.3 Å². The summed E-state index contributed by atoms with van der Waals surface area (Å²) in [6.07, 6.45) is 0. The number of aromatic nitrogens is 2. The highest BCUT2D eigenvalue weighted by Crippen LogP contribution is 2.16. The molecule has 0 fully saturated rings. The Kier molecular flexibility index (Phi) is 4.47. The van der Waals surface area contributed by atoms with Gasteiger partial charge in [0.05, 0.1) is 0 Å². The first-order chi connectivity index (χ1) is 9.94. The van der Waals surface area contributed by atoms with Crippen LogP contribution in [0, 0.1) is 12.7 Å². The number of hydrogen-bond donors (Lipinski definition) is 2. The molecule has 0 saturated carbocycles. The van der Waals surface area contributed by atoms with Crippen molar-refractivity contribution in [3.8, 4) is 0 Å². The molecule has 110 valence electrons. The minimum atomic E-state index is -0.309. The Labute approximate surface area is 122 Å². The summed E-state index contributed by atoms with van der Waals surface area (Å²) in [5.74, 6) is 0.410. The van der Waals surface area contributed by atoms with Crippen molar-refractivity contribution in [2.24, 2.45) is 0 Å². The second-order valence-corrected chi connectivity index (χ2v) is 4.95. The van der Waals surface area contributed by atoms with E-state index in [0.717, 1.165) is 0 Å². The molecule has 0 aliphatic rings. The summed E-state index contributed by atoms with van der Waals surface area (Å²) in [7, 11) is 0.